The Morgan fingerprint density at radius 3 is 2.27 bits per heavy atom. The summed E-state index contributed by atoms with van der Waals surface area (Å²) in [4.78, 5) is 6.22. The smallest absolute Gasteiger partial charge is 0.390 e. The number of piperazine rings is 1. The molecule has 0 saturated carbocycles. The molecule has 30 heavy (non-hydrogen) atoms. The molecule has 2 atom stereocenters. The topological polar surface area (TPSA) is 30.0 Å². The molecule has 2 aliphatic rings. The first-order valence-electron chi connectivity index (χ1n) is 10.1. The highest BCUT2D eigenvalue weighted by atomic mass is 35.5. The highest BCUT2D eigenvalue weighted by Crippen LogP contribution is 2.38. The number of aliphatic hydroxyl groups excluding tert-OH is 1. The summed E-state index contributed by atoms with van der Waals surface area (Å²) in [6.45, 7) is 4.71. The molecule has 2 fully saturated rings. The zero-order chi connectivity index (χ0) is 21.3. The second-order valence-corrected chi connectivity index (χ2v) is 8.43. The minimum absolute atomic E-state index is 0.146. The van der Waals surface area contributed by atoms with E-state index in [0.717, 1.165) is 43.8 Å². The molecule has 8 heteroatoms. The Bertz CT molecular complexity index is 853. The summed E-state index contributed by atoms with van der Waals surface area (Å²) in [7, 11) is 0. The first-order chi connectivity index (χ1) is 14.3. The van der Waals surface area contributed by atoms with E-state index in [0.29, 0.717) is 6.54 Å². The monoisotopic (exact) mass is 439 g/mol. The molecule has 0 radical (unpaired) electrons. The molecule has 0 bridgehead atoms. The predicted octanol–water partition coefficient (Wildman–Crippen LogP) is 3.73. The van der Waals surface area contributed by atoms with Crippen LogP contribution >= 0.6 is 11.6 Å². The van der Waals surface area contributed by atoms with Gasteiger partial charge in [0, 0.05) is 56.5 Å². The van der Waals surface area contributed by atoms with Gasteiger partial charge in [0.15, 0.2) is 0 Å². The zero-order valence-corrected chi connectivity index (χ0v) is 17.3. The number of nitrogens with zero attached hydrogens (tertiary/aromatic N) is 3. The maximum atomic E-state index is 13.4. The summed E-state index contributed by atoms with van der Waals surface area (Å²) < 4.78 is 40.1. The van der Waals surface area contributed by atoms with Crippen LogP contribution in [0.4, 0.5) is 18.9 Å². The van der Waals surface area contributed by atoms with Gasteiger partial charge in [-0.2, -0.15) is 13.2 Å². The van der Waals surface area contributed by atoms with E-state index in [1.54, 1.807) is 11.0 Å². The van der Waals surface area contributed by atoms with Crippen LogP contribution in [0.2, 0.25) is 5.02 Å². The van der Waals surface area contributed by atoms with E-state index < -0.39 is 17.8 Å². The molecule has 2 aromatic rings. The number of anilines is 1. The minimum Gasteiger partial charge on any atom is -0.390 e. The average Bonchev–Trinajstić information content (AvgIpc) is 3.11. The molecule has 2 saturated heterocycles. The summed E-state index contributed by atoms with van der Waals surface area (Å²) in [5, 5.41) is 11.3. The summed E-state index contributed by atoms with van der Waals surface area (Å²) in [5.41, 5.74) is 0.697. The van der Waals surface area contributed by atoms with E-state index in [4.69, 9.17) is 11.6 Å². The molecule has 2 aromatic carbocycles. The molecular weight excluding hydrogens is 415 g/mol. The number of rotatable bonds is 4. The lowest BCUT2D eigenvalue weighted by Gasteiger charge is -2.38. The van der Waals surface area contributed by atoms with Crippen molar-refractivity contribution in [3.05, 3.63) is 64.7 Å². The van der Waals surface area contributed by atoms with Crippen molar-refractivity contribution < 1.29 is 18.3 Å². The number of β-amino-alcohol motifs (C(OH)–C–C–N with tert-alkyl or cyclic N) is 1. The molecule has 0 spiro atoms. The van der Waals surface area contributed by atoms with E-state index >= 15 is 0 Å². The Morgan fingerprint density at radius 1 is 0.933 bits per heavy atom. The number of hydrogen-bond acceptors (Lipinski definition) is 4. The highest BCUT2D eigenvalue weighted by Gasteiger charge is 2.40. The van der Waals surface area contributed by atoms with Gasteiger partial charge in [-0.05, 0) is 29.8 Å². The van der Waals surface area contributed by atoms with Crippen LogP contribution in [0.25, 0.3) is 0 Å². The number of para-hydroxylation sites is 1. The largest absolute Gasteiger partial charge is 0.418 e. The van der Waals surface area contributed by atoms with Crippen LogP contribution in [0.1, 0.15) is 11.1 Å². The number of aliphatic hydroxyl groups is 1. The first kappa shape index (κ1) is 21.4. The summed E-state index contributed by atoms with van der Waals surface area (Å²) in [6.07, 6.45) is -5.08. The van der Waals surface area contributed by atoms with Crippen LogP contribution in [0.3, 0.4) is 0 Å². The Balaban J connectivity index is 1.37. The molecule has 1 N–H and O–H groups in total. The van der Waals surface area contributed by atoms with Gasteiger partial charge in [0.25, 0.3) is 0 Å². The van der Waals surface area contributed by atoms with Gasteiger partial charge in [-0.15, -0.1) is 0 Å². The Hall–Kier alpha value is -1.80. The van der Waals surface area contributed by atoms with Crippen LogP contribution in [0, 0.1) is 0 Å². The summed E-state index contributed by atoms with van der Waals surface area (Å²) in [6, 6.07) is 13.2. The molecule has 2 heterocycles. The van der Waals surface area contributed by atoms with Gasteiger partial charge in [-0.1, -0.05) is 35.9 Å². The molecule has 0 unspecified atom stereocenters. The molecular formula is C22H25ClF3N3O. The second kappa shape index (κ2) is 8.75. The fourth-order valence-electron chi connectivity index (χ4n) is 4.42. The first-order valence-corrected chi connectivity index (χ1v) is 10.5. The van der Waals surface area contributed by atoms with Crippen LogP contribution in [0.15, 0.2) is 48.5 Å². The zero-order valence-electron chi connectivity index (χ0n) is 16.5. The fraction of sp³-hybridized carbons (Fsp3) is 0.455. The van der Waals surface area contributed by atoms with Crippen LogP contribution < -0.4 is 4.90 Å². The third kappa shape index (κ3) is 4.75. The molecule has 2 aliphatic heterocycles. The van der Waals surface area contributed by atoms with Crippen molar-refractivity contribution in [2.45, 2.75) is 24.9 Å². The second-order valence-electron chi connectivity index (χ2n) is 7.99. The van der Waals surface area contributed by atoms with Gasteiger partial charge in [-0.25, -0.2) is 0 Å². The summed E-state index contributed by atoms with van der Waals surface area (Å²) in [5.74, 6) is 0. The summed E-state index contributed by atoms with van der Waals surface area (Å²) >= 11 is 5.94. The Labute approximate surface area is 179 Å². The lowest BCUT2D eigenvalue weighted by atomic mass is 10.1. The van der Waals surface area contributed by atoms with Crippen molar-refractivity contribution in [1.82, 2.24) is 9.80 Å². The highest BCUT2D eigenvalue weighted by molar-refractivity contribution is 6.30. The van der Waals surface area contributed by atoms with Crippen molar-refractivity contribution in [3.8, 4) is 0 Å². The molecule has 0 amide bonds. The molecule has 0 aromatic heterocycles. The van der Waals surface area contributed by atoms with E-state index in [-0.39, 0.29) is 18.3 Å². The molecule has 162 valence electrons. The Kier molecular flexibility index (Phi) is 6.25. The van der Waals surface area contributed by atoms with Gasteiger partial charge < -0.3 is 10.0 Å². The van der Waals surface area contributed by atoms with Gasteiger partial charge in [0.05, 0.1) is 17.7 Å². The molecule has 4 rings (SSSR count). The van der Waals surface area contributed by atoms with Crippen molar-refractivity contribution >= 4 is 17.3 Å². The number of alkyl halides is 3. The van der Waals surface area contributed by atoms with E-state index in [2.05, 4.69) is 9.80 Å². The van der Waals surface area contributed by atoms with Crippen LogP contribution in [-0.4, -0.2) is 66.3 Å². The number of hydrogen-bond donors (Lipinski definition) is 1. The number of benzene rings is 2. The van der Waals surface area contributed by atoms with Crippen molar-refractivity contribution in [1.29, 1.82) is 0 Å². The Morgan fingerprint density at radius 2 is 1.60 bits per heavy atom. The van der Waals surface area contributed by atoms with Gasteiger partial charge in [0.2, 0.25) is 0 Å². The standard InChI is InChI=1S/C22H25ClF3N3O/c23-17-7-5-16(6-8-17)13-27-9-11-28(12-10-27)20-14-29(15-21(20)30)19-4-2-1-3-18(19)22(24,25)26/h1-8,20-21,30H,9-15H2/t20-,21-/m1/s1. The lowest BCUT2D eigenvalue weighted by Crippen LogP contribution is -2.53. The maximum absolute atomic E-state index is 13.4. The van der Waals surface area contributed by atoms with Crippen molar-refractivity contribution in [3.63, 3.8) is 0 Å². The fourth-order valence-corrected chi connectivity index (χ4v) is 4.54. The third-order valence-electron chi connectivity index (χ3n) is 6.00. The predicted molar refractivity (Wildman–Crippen MR) is 112 cm³/mol. The average molecular weight is 440 g/mol. The van der Waals surface area contributed by atoms with Crippen LogP contribution in [0.5, 0.6) is 0 Å². The van der Waals surface area contributed by atoms with Gasteiger partial charge in [-0.3, -0.25) is 9.80 Å². The van der Waals surface area contributed by atoms with Crippen molar-refractivity contribution in [2.75, 3.05) is 44.2 Å². The molecule has 4 nitrogen and oxygen atoms in total. The van der Waals surface area contributed by atoms with E-state index in [1.165, 1.54) is 17.7 Å². The molecule has 0 aliphatic carbocycles. The SMILES string of the molecule is O[C@@H]1CN(c2ccccc2C(F)(F)F)C[C@H]1N1CCN(Cc2ccc(Cl)cc2)CC1. The van der Waals surface area contributed by atoms with Gasteiger partial charge in [0.1, 0.15) is 0 Å². The normalized spacial score (nSPS) is 23.8. The van der Waals surface area contributed by atoms with Gasteiger partial charge >= 0.3 is 6.18 Å². The third-order valence-corrected chi connectivity index (χ3v) is 6.26. The minimum atomic E-state index is -4.41. The quantitative estimate of drug-likeness (QED) is 0.786. The van der Waals surface area contributed by atoms with Crippen LogP contribution in [-0.2, 0) is 12.7 Å². The lowest BCUT2D eigenvalue weighted by molar-refractivity contribution is -0.137. The van der Waals surface area contributed by atoms with E-state index in [1.807, 2.05) is 24.3 Å². The maximum Gasteiger partial charge on any atom is 0.418 e. The van der Waals surface area contributed by atoms with Crippen molar-refractivity contribution in [2.24, 2.45) is 0 Å². The van der Waals surface area contributed by atoms with E-state index in [9.17, 15) is 18.3 Å². The number of halogens is 4.